The van der Waals surface area contributed by atoms with Crippen molar-refractivity contribution >= 4 is 32.9 Å². The van der Waals surface area contributed by atoms with Gasteiger partial charge in [-0.3, -0.25) is 13.9 Å². The number of alkyl carbamates (subject to hydrolysis) is 1. The first-order chi connectivity index (χ1) is 15.4. The molecule has 0 saturated carbocycles. The van der Waals surface area contributed by atoms with Crippen molar-refractivity contribution in [3.05, 3.63) is 23.0 Å². The minimum atomic E-state index is -5.38. The predicted molar refractivity (Wildman–Crippen MR) is 104 cm³/mol. The normalized spacial score (nSPS) is 25.1. The molecule has 1 saturated heterocycles. The molecule has 0 radical (unpaired) electrons. The number of aliphatic hydroxyl groups excluding tert-OH is 1. The van der Waals surface area contributed by atoms with Crippen LogP contribution < -0.4 is 16.6 Å². The zero-order valence-corrected chi connectivity index (χ0v) is 18.2. The smallest absolute Gasteiger partial charge is 0.440 e. The van der Waals surface area contributed by atoms with Crippen LogP contribution in [0.2, 0.25) is 0 Å². The maximum Gasteiger partial charge on any atom is 0.481 e. The number of nitrogens with zero attached hydrogens (tertiary/aromatic N) is 3. The number of ether oxygens (including phenoxy) is 2. The number of phosphoric acid groups is 2. The lowest BCUT2D eigenvalue weighted by Crippen LogP contribution is -2.42. The number of H-pyrrole nitrogens is 1. The van der Waals surface area contributed by atoms with Gasteiger partial charge in [0, 0.05) is 13.1 Å². The van der Waals surface area contributed by atoms with Crippen molar-refractivity contribution < 1.29 is 52.0 Å². The van der Waals surface area contributed by atoms with Crippen LogP contribution in [-0.2, 0) is 27.4 Å². The van der Waals surface area contributed by atoms with Gasteiger partial charge in [-0.15, -0.1) is 0 Å². The van der Waals surface area contributed by atoms with Gasteiger partial charge in [-0.05, 0) is 0 Å². The third kappa shape index (κ3) is 6.21. The topological polar surface area (TPSA) is 271 Å². The third-order valence-corrected chi connectivity index (χ3v) is 6.37. The monoisotopic (exact) mass is 514 g/mol. The van der Waals surface area contributed by atoms with Gasteiger partial charge in [0.05, 0.1) is 19.3 Å². The average Bonchev–Trinajstić information content (AvgIpc) is 3.26. The van der Waals surface area contributed by atoms with Crippen LogP contribution in [0.5, 0.6) is 0 Å². The fourth-order valence-electron chi connectivity index (χ4n) is 2.94. The van der Waals surface area contributed by atoms with Gasteiger partial charge in [-0.2, -0.15) is 4.31 Å². The maximum absolute atomic E-state index is 12.0. The number of aromatic amines is 1. The summed E-state index contributed by atoms with van der Waals surface area (Å²) in [7, 11) is -10.6. The SMILES string of the molecule is NCCNC(=O)O[C@H]1[C@@H](O)[C@H](n2cnc3c(=O)[nH]cnc32)O[C@@H]1COP(=O)(O)OP(=O)(O)O. The fourth-order valence-corrected chi connectivity index (χ4v) is 4.54. The molecule has 5 atom stereocenters. The van der Waals surface area contributed by atoms with E-state index in [1.807, 2.05) is 0 Å². The number of aliphatic hydroxyl groups is 1. The number of aromatic nitrogens is 4. The number of imidazole rings is 1. The van der Waals surface area contributed by atoms with Crippen molar-refractivity contribution in [3.63, 3.8) is 0 Å². The van der Waals surface area contributed by atoms with Crippen molar-refractivity contribution in [2.45, 2.75) is 24.5 Å². The molecule has 184 valence electrons. The number of nitrogens with one attached hydrogen (secondary N) is 2. The molecule has 1 unspecified atom stereocenters. The van der Waals surface area contributed by atoms with Crippen molar-refractivity contribution in [2.24, 2.45) is 5.73 Å². The highest BCUT2D eigenvalue weighted by atomic mass is 31.3. The van der Waals surface area contributed by atoms with Gasteiger partial charge in [0.15, 0.2) is 23.5 Å². The Labute approximate surface area is 183 Å². The van der Waals surface area contributed by atoms with Crippen LogP contribution in [0.25, 0.3) is 11.2 Å². The van der Waals surface area contributed by atoms with E-state index in [9.17, 15) is 28.7 Å². The summed E-state index contributed by atoms with van der Waals surface area (Å²) in [6.07, 6.45) is -4.73. The highest BCUT2D eigenvalue weighted by Crippen LogP contribution is 2.57. The predicted octanol–water partition coefficient (Wildman–Crippen LogP) is -2.34. The molecule has 20 heteroatoms. The zero-order chi connectivity index (χ0) is 24.4. The number of phosphoric ester groups is 1. The van der Waals surface area contributed by atoms with Crippen LogP contribution in [0, 0.1) is 0 Å². The second-order valence-corrected chi connectivity index (χ2v) is 9.36. The Kier molecular flexibility index (Phi) is 7.65. The standard InChI is InChI=1S/C13H20N6O12P2/c14-1-2-15-13(22)30-9-6(3-28-33(26,27)31-32(23,24)25)29-12(8(9)20)19-5-18-7-10(19)16-4-17-11(7)21/h4-6,8-9,12,20H,1-3,14H2,(H,15,22)(H,26,27)(H,16,17,21)(H2,23,24,25)/t6-,8-,9-,12-/m1/s1. The first-order valence-electron chi connectivity index (χ1n) is 9.04. The Hall–Kier alpha value is -2.24. The summed E-state index contributed by atoms with van der Waals surface area (Å²) < 4.78 is 42.7. The number of rotatable bonds is 9. The van der Waals surface area contributed by atoms with Crippen molar-refractivity contribution in [2.75, 3.05) is 19.7 Å². The minimum Gasteiger partial charge on any atom is -0.440 e. The van der Waals surface area contributed by atoms with Crippen LogP contribution in [0.3, 0.4) is 0 Å². The van der Waals surface area contributed by atoms with E-state index in [4.69, 9.17) is 25.0 Å². The first-order valence-corrected chi connectivity index (χ1v) is 12.1. The zero-order valence-electron chi connectivity index (χ0n) is 16.5. The lowest BCUT2D eigenvalue weighted by atomic mass is 10.1. The largest absolute Gasteiger partial charge is 0.481 e. The van der Waals surface area contributed by atoms with Crippen molar-refractivity contribution in [1.82, 2.24) is 24.8 Å². The van der Waals surface area contributed by atoms with Crippen LogP contribution in [0.4, 0.5) is 4.79 Å². The van der Waals surface area contributed by atoms with Gasteiger partial charge < -0.3 is 45.3 Å². The van der Waals surface area contributed by atoms with Crippen LogP contribution >= 0.6 is 15.6 Å². The molecule has 0 aromatic carbocycles. The molecule has 1 aliphatic heterocycles. The number of nitrogens with two attached hydrogens (primary N) is 1. The summed E-state index contributed by atoms with van der Waals surface area (Å²) in [5, 5.41) is 13.0. The number of hydrogen-bond acceptors (Lipinski definition) is 12. The van der Waals surface area contributed by atoms with E-state index in [2.05, 4.69) is 29.1 Å². The highest BCUT2D eigenvalue weighted by Gasteiger charge is 2.49. The first kappa shape index (κ1) is 25.4. The molecular weight excluding hydrogens is 494 g/mol. The van der Waals surface area contributed by atoms with E-state index in [1.165, 1.54) is 0 Å². The van der Waals surface area contributed by atoms with Gasteiger partial charge in [0.2, 0.25) is 0 Å². The molecular formula is C13H20N6O12P2. The summed E-state index contributed by atoms with van der Waals surface area (Å²) in [6, 6.07) is 0. The van der Waals surface area contributed by atoms with Gasteiger partial charge in [-0.25, -0.2) is 23.9 Å². The third-order valence-electron chi connectivity index (χ3n) is 4.22. The van der Waals surface area contributed by atoms with E-state index >= 15 is 0 Å². The van der Waals surface area contributed by atoms with Gasteiger partial charge in [0.25, 0.3) is 5.56 Å². The number of fused-ring (bicyclic) bond motifs is 1. The quantitative estimate of drug-likeness (QED) is 0.173. The lowest BCUT2D eigenvalue weighted by Gasteiger charge is -2.21. The van der Waals surface area contributed by atoms with Crippen molar-refractivity contribution in [1.29, 1.82) is 0 Å². The molecule has 1 amide bonds. The van der Waals surface area contributed by atoms with Crippen LogP contribution in [0.15, 0.2) is 17.4 Å². The summed E-state index contributed by atoms with van der Waals surface area (Å²) >= 11 is 0. The van der Waals surface area contributed by atoms with Crippen LogP contribution in [0.1, 0.15) is 6.23 Å². The van der Waals surface area contributed by atoms with Crippen molar-refractivity contribution in [3.8, 4) is 0 Å². The summed E-state index contributed by atoms with van der Waals surface area (Å²) in [4.78, 5) is 60.9. The number of hydrogen-bond donors (Lipinski definition) is 7. The maximum atomic E-state index is 12.0. The average molecular weight is 514 g/mol. The molecule has 2 aromatic heterocycles. The summed E-state index contributed by atoms with van der Waals surface area (Å²) in [6.45, 7) is -0.784. The molecule has 3 heterocycles. The van der Waals surface area contributed by atoms with E-state index in [1.54, 1.807) is 0 Å². The van der Waals surface area contributed by atoms with Crippen LogP contribution in [-0.4, -0.2) is 83.4 Å². The number of carbonyl (C=O) groups excluding carboxylic acids is 1. The van der Waals surface area contributed by atoms with E-state index in [0.29, 0.717) is 0 Å². The number of amides is 1. The highest BCUT2D eigenvalue weighted by molar-refractivity contribution is 7.60. The molecule has 0 spiro atoms. The molecule has 8 N–H and O–H groups in total. The fraction of sp³-hybridized carbons (Fsp3) is 0.538. The summed E-state index contributed by atoms with van der Waals surface area (Å²) in [5.74, 6) is 0. The molecule has 0 aliphatic carbocycles. The van der Waals surface area contributed by atoms with E-state index < -0.39 is 58.4 Å². The Morgan fingerprint density at radius 1 is 1.33 bits per heavy atom. The minimum absolute atomic E-state index is 0.00774. The second-order valence-electron chi connectivity index (χ2n) is 6.53. The van der Waals surface area contributed by atoms with Gasteiger partial charge in [0.1, 0.15) is 12.2 Å². The molecule has 18 nitrogen and oxygen atoms in total. The molecule has 2 aromatic rings. The molecule has 3 rings (SSSR count). The summed E-state index contributed by atoms with van der Waals surface area (Å²) in [5.41, 5.74) is 4.64. The van der Waals surface area contributed by atoms with E-state index in [0.717, 1.165) is 17.2 Å². The Bertz CT molecular complexity index is 1150. The number of carbonyl (C=O) groups is 1. The molecule has 1 fully saturated rings. The Morgan fingerprint density at radius 3 is 2.73 bits per heavy atom. The van der Waals surface area contributed by atoms with E-state index in [-0.39, 0.29) is 24.3 Å². The Morgan fingerprint density at radius 2 is 2.06 bits per heavy atom. The molecule has 0 bridgehead atoms. The Balaban J connectivity index is 1.84. The van der Waals surface area contributed by atoms with Gasteiger partial charge in [-0.1, -0.05) is 0 Å². The molecule has 33 heavy (non-hydrogen) atoms. The lowest BCUT2D eigenvalue weighted by molar-refractivity contribution is -0.0508. The van der Waals surface area contributed by atoms with Gasteiger partial charge >= 0.3 is 21.7 Å². The molecule has 1 aliphatic rings. The second kappa shape index (κ2) is 9.94.